The number of amides is 1. The Hall–Kier alpha value is -2.74. The Bertz CT molecular complexity index is 808. The van der Waals surface area contributed by atoms with Crippen molar-refractivity contribution in [2.24, 2.45) is 0 Å². The molecule has 2 aromatic carbocycles. The molecule has 0 N–H and O–H groups in total. The average Bonchev–Trinajstić information content (AvgIpc) is 2.71. The Morgan fingerprint density at radius 2 is 1.93 bits per heavy atom. The molecule has 0 aromatic heterocycles. The Morgan fingerprint density at radius 3 is 2.61 bits per heavy atom. The first kappa shape index (κ1) is 20.0. The van der Waals surface area contributed by atoms with E-state index in [1.165, 1.54) is 12.1 Å². The molecule has 3 rings (SSSR count). The fourth-order valence-electron chi connectivity index (χ4n) is 2.87. The summed E-state index contributed by atoms with van der Waals surface area (Å²) in [6.07, 6.45) is -4.85. The Kier molecular flexibility index (Phi) is 6.08. The van der Waals surface area contributed by atoms with E-state index in [0.717, 1.165) is 12.1 Å². The molecule has 150 valence electrons. The van der Waals surface area contributed by atoms with Gasteiger partial charge in [-0.05, 0) is 42.5 Å². The number of nitrogens with zero attached hydrogens (tertiary/aromatic N) is 1. The summed E-state index contributed by atoms with van der Waals surface area (Å²) < 4.78 is 54.5. The molecule has 28 heavy (non-hydrogen) atoms. The second kappa shape index (κ2) is 8.52. The van der Waals surface area contributed by atoms with Crippen LogP contribution in [0.3, 0.4) is 0 Å². The van der Waals surface area contributed by atoms with Crippen LogP contribution in [0.25, 0.3) is 0 Å². The van der Waals surface area contributed by atoms with Crippen molar-refractivity contribution >= 4 is 5.91 Å². The molecule has 5 nitrogen and oxygen atoms in total. The number of alkyl halides is 3. The van der Waals surface area contributed by atoms with Gasteiger partial charge in [-0.15, -0.1) is 0 Å². The fourth-order valence-corrected chi connectivity index (χ4v) is 2.87. The highest BCUT2D eigenvalue weighted by molar-refractivity contribution is 5.94. The quantitative estimate of drug-likeness (QED) is 0.776. The van der Waals surface area contributed by atoms with Crippen molar-refractivity contribution < 1.29 is 32.2 Å². The van der Waals surface area contributed by atoms with Crippen molar-refractivity contribution in [3.05, 3.63) is 59.7 Å². The maximum Gasteiger partial charge on any atom is 0.416 e. The van der Waals surface area contributed by atoms with Crippen LogP contribution in [0.4, 0.5) is 13.2 Å². The first-order chi connectivity index (χ1) is 13.4. The fraction of sp³-hybridized carbons (Fsp3) is 0.350. The molecule has 1 saturated heterocycles. The number of benzene rings is 2. The Labute approximate surface area is 160 Å². The lowest BCUT2D eigenvalue weighted by molar-refractivity contribution is -0.137. The van der Waals surface area contributed by atoms with Gasteiger partial charge in [0.1, 0.15) is 24.2 Å². The van der Waals surface area contributed by atoms with Crippen molar-refractivity contribution in [1.29, 1.82) is 0 Å². The lowest BCUT2D eigenvalue weighted by Gasteiger charge is -2.33. The van der Waals surface area contributed by atoms with Crippen LogP contribution in [0.5, 0.6) is 11.5 Å². The summed E-state index contributed by atoms with van der Waals surface area (Å²) in [6.45, 7) is 1.11. The maximum absolute atomic E-state index is 12.8. The number of rotatable bonds is 5. The predicted molar refractivity (Wildman–Crippen MR) is 95.6 cm³/mol. The second-order valence-electron chi connectivity index (χ2n) is 6.31. The SMILES string of the molecule is COc1ccc(C(=O)N2CCOC(COc3cccc(C(F)(F)F)c3)C2)cc1. The number of carbonyl (C=O) groups excluding carboxylic acids is 1. The number of hydrogen-bond donors (Lipinski definition) is 0. The van der Waals surface area contributed by atoms with Crippen LogP contribution in [-0.4, -0.2) is 50.3 Å². The highest BCUT2D eigenvalue weighted by atomic mass is 19.4. The van der Waals surface area contributed by atoms with Gasteiger partial charge in [0.2, 0.25) is 0 Å². The third kappa shape index (κ3) is 4.95. The van der Waals surface area contributed by atoms with E-state index in [0.29, 0.717) is 31.0 Å². The number of morpholine rings is 1. The molecule has 1 fully saturated rings. The Morgan fingerprint density at radius 1 is 1.18 bits per heavy atom. The molecule has 1 unspecified atom stereocenters. The van der Waals surface area contributed by atoms with Crippen LogP contribution in [0, 0.1) is 0 Å². The van der Waals surface area contributed by atoms with Gasteiger partial charge in [-0.3, -0.25) is 4.79 Å². The normalized spacial score (nSPS) is 17.3. The minimum atomic E-state index is -4.43. The van der Waals surface area contributed by atoms with Crippen LogP contribution in [-0.2, 0) is 10.9 Å². The van der Waals surface area contributed by atoms with E-state index < -0.39 is 17.8 Å². The van der Waals surface area contributed by atoms with E-state index >= 15 is 0 Å². The molecule has 0 saturated carbocycles. The maximum atomic E-state index is 12.8. The molecule has 1 atom stereocenters. The topological polar surface area (TPSA) is 48.0 Å². The molecule has 1 aliphatic heterocycles. The smallest absolute Gasteiger partial charge is 0.416 e. The van der Waals surface area contributed by atoms with Crippen LogP contribution in [0.1, 0.15) is 15.9 Å². The molecular formula is C20H20F3NO4. The minimum absolute atomic E-state index is 0.0493. The van der Waals surface area contributed by atoms with Gasteiger partial charge < -0.3 is 19.1 Å². The van der Waals surface area contributed by atoms with Gasteiger partial charge in [0, 0.05) is 12.1 Å². The zero-order chi connectivity index (χ0) is 20.1. The van der Waals surface area contributed by atoms with Crippen molar-refractivity contribution in [2.75, 3.05) is 33.4 Å². The average molecular weight is 395 g/mol. The van der Waals surface area contributed by atoms with Crippen LogP contribution in [0.15, 0.2) is 48.5 Å². The summed E-state index contributed by atoms with van der Waals surface area (Å²) in [5.41, 5.74) is -0.244. The van der Waals surface area contributed by atoms with Gasteiger partial charge in [-0.1, -0.05) is 6.07 Å². The van der Waals surface area contributed by atoms with E-state index in [1.807, 2.05) is 0 Å². The van der Waals surface area contributed by atoms with Gasteiger partial charge in [0.15, 0.2) is 0 Å². The zero-order valence-corrected chi connectivity index (χ0v) is 15.2. The number of hydrogen-bond acceptors (Lipinski definition) is 4. The minimum Gasteiger partial charge on any atom is -0.497 e. The van der Waals surface area contributed by atoms with Crippen molar-refractivity contribution in [3.63, 3.8) is 0 Å². The molecular weight excluding hydrogens is 375 g/mol. The summed E-state index contributed by atoms with van der Waals surface area (Å²) >= 11 is 0. The largest absolute Gasteiger partial charge is 0.497 e. The summed E-state index contributed by atoms with van der Waals surface area (Å²) in [7, 11) is 1.55. The first-order valence-electron chi connectivity index (χ1n) is 8.72. The van der Waals surface area contributed by atoms with Crippen LogP contribution < -0.4 is 9.47 Å². The molecule has 0 aliphatic carbocycles. The highest BCUT2D eigenvalue weighted by Gasteiger charge is 2.31. The van der Waals surface area contributed by atoms with Gasteiger partial charge in [-0.25, -0.2) is 0 Å². The Balaban J connectivity index is 1.58. The van der Waals surface area contributed by atoms with Crippen molar-refractivity contribution in [2.45, 2.75) is 12.3 Å². The van der Waals surface area contributed by atoms with Crippen molar-refractivity contribution in [1.82, 2.24) is 4.90 Å². The standard InChI is InChI=1S/C20H20F3NO4/c1-26-16-7-5-14(6-8-16)19(25)24-9-10-27-18(12-24)13-28-17-4-2-3-15(11-17)20(21,22)23/h2-8,11,18H,9-10,12-13H2,1H3. The molecule has 1 heterocycles. The number of methoxy groups -OCH3 is 1. The lowest BCUT2D eigenvalue weighted by Crippen LogP contribution is -2.47. The molecule has 0 bridgehead atoms. The molecule has 1 aliphatic rings. The number of halogens is 3. The van der Waals surface area contributed by atoms with E-state index in [2.05, 4.69) is 0 Å². The number of carbonyl (C=O) groups is 1. The molecule has 1 amide bonds. The molecule has 2 aromatic rings. The number of ether oxygens (including phenoxy) is 3. The first-order valence-corrected chi connectivity index (χ1v) is 8.72. The van der Waals surface area contributed by atoms with Gasteiger partial charge >= 0.3 is 6.18 Å². The highest BCUT2D eigenvalue weighted by Crippen LogP contribution is 2.31. The summed E-state index contributed by atoms with van der Waals surface area (Å²) in [5.74, 6) is 0.623. The van der Waals surface area contributed by atoms with Crippen LogP contribution in [0.2, 0.25) is 0 Å². The lowest BCUT2D eigenvalue weighted by atomic mass is 10.1. The molecule has 8 heteroatoms. The van der Waals surface area contributed by atoms with Gasteiger partial charge in [0.05, 0.1) is 25.8 Å². The van der Waals surface area contributed by atoms with E-state index in [9.17, 15) is 18.0 Å². The monoisotopic (exact) mass is 395 g/mol. The summed E-state index contributed by atoms with van der Waals surface area (Å²) in [4.78, 5) is 14.3. The van der Waals surface area contributed by atoms with Crippen LogP contribution >= 0.6 is 0 Å². The zero-order valence-electron chi connectivity index (χ0n) is 15.2. The predicted octanol–water partition coefficient (Wildman–Crippen LogP) is 3.63. The van der Waals surface area contributed by atoms with Gasteiger partial charge in [0.25, 0.3) is 5.91 Å². The van der Waals surface area contributed by atoms with E-state index in [-0.39, 0.29) is 18.3 Å². The molecule has 0 spiro atoms. The third-order valence-corrected chi connectivity index (χ3v) is 4.36. The molecule has 0 radical (unpaired) electrons. The van der Waals surface area contributed by atoms with Crippen molar-refractivity contribution in [3.8, 4) is 11.5 Å². The van der Waals surface area contributed by atoms with Gasteiger partial charge in [-0.2, -0.15) is 13.2 Å². The third-order valence-electron chi connectivity index (χ3n) is 4.36. The second-order valence-corrected chi connectivity index (χ2v) is 6.31. The van der Waals surface area contributed by atoms with E-state index in [1.54, 1.807) is 36.3 Å². The summed E-state index contributed by atoms with van der Waals surface area (Å²) in [5, 5.41) is 0. The summed E-state index contributed by atoms with van der Waals surface area (Å²) in [6, 6.07) is 11.5. The van der Waals surface area contributed by atoms with E-state index in [4.69, 9.17) is 14.2 Å².